The summed E-state index contributed by atoms with van der Waals surface area (Å²) in [6, 6.07) is 0. The highest BCUT2D eigenvalue weighted by Crippen LogP contribution is 2.13. The number of aliphatic imine (C=N–C) groups is 1. The summed E-state index contributed by atoms with van der Waals surface area (Å²) in [7, 11) is 0. The van der Waals surface area contributed by atoms with Crippen LogP contribution in [0, 0.1) is 0 Å². The molecule has 74 valence electrons. The largest absolute Gasteiger partial charge is 0.354 e. The predicted molar refractivity (Wildman–Crippen MR) is 55.4 cm³/mol. The first-order valence-electron chi connectivity index (χ1n) is 4.45. The van der Waals surface area contributed by atoms with Gasteiger partial charge in [0, 0.05) is 13.1 Å². The van der Waals surface area contributed by atoms with Crippen LogP contribution in [0.2, 0.25) is 0 Å². The molecule has 0 amide bonds. The molecular formula is C10H17FN2. The lowest BCUT2D eigenvalue weighted by Crippen LogP contribution is -2.23. The number of hydrogen-bond donors (Lipinski definition) is 0. The number of allylic oxidation sites excluding steroid dienone is 2. The molecule has 0 radical (unpaired) electrons. The molecule has 0 N–H and O–H groups in total. The molecule has 0 saturated heterocycles. The van der Waals surface area contributed by atoms with Gasteiger partial charge >= 0.3 is 0 Å². The zero-order valence-electron chi connectivity index (χ0n) is 8.39. The van der Waals surface area contributed by atoms with Crippen LogP contribution < -0.4 is 0 Å². The molecule has 0 spiro atoms. The Hall–Kier alpha value is -1.12. The van der Waals surface area contributed by atoms with Gasteiger partial charge in [-0.3, -0.25) is 0 Å². The van der Waals surface area contributed by atoms with Gasteiger partial charge in [-0.15, -0.1) is 0 Å². The van der Waals surface area contributed by atoms with Crippen LogP contribution in [0.3, 0.4) is 0 Å². The lowest BCUT2D eigenvalue weighted by molar-refractivity contribution is 0.347. The van der Waals surface area contributed by atoms with Gasteiger partial charge in [-0.05, 0) is 26.1 Å². The summed E-state index contributed by atoms with van der Waals surface area (Å²) in [5.41, 5.74) is 0. The average Bonchev–Trinajstić information content (AvgIpc) is 2.17. The Labute approximate surface area is 79.5 Å². The van der Waals surface area contributed by atoms with E-state index >= 15 is 0 Å². The molecule has 0 saturated carbocycles. The molecule has 2 nitrogen and oxygen atoms in total. The topological polar surface area (TPSA) is 15.6 Å². The Balaban J connectivity index is 4.70. The molecule has 0 fully saturated rings. The molecule has 0 unspecified atom stereocenters. The van der Waals surface area contributed by atoms with Crippen LogP contribution in [0.1, 0.15) is 20.3 Å². The SMILES string of the molecule is C=C/C(F)=C(\N=C)N(CC)CCC. The summed E-state index contributed by atoms with van der Waals surface area (Å²) in [4.78, 5) is 5.50. The first kappa shape index (κ1) is 11.9. The molecule has 0 aliphatic rings. The van der Waals surface area contributed by atoms with Crippen molar-refractivity contribution in [3.63, 3.8) is 0 Å². The molecule has 0 aliphatic carbocycles. The van der Waals surface area contributed by atoms with Crippen molar-refractivity contribution in [1.29, 1.82) is 0 Å². The third kappa shape index (κ3) is 3.40. The number of nitrogens with zero attached hydrogens (tertiary/aromatic N) is 2. The molecule has 0 aliphatic heterocycles. The minimum atomic E-state index is -0.412. The zero-order chi connectivity index (χ0) is 10.3. The molecule has 0 bridgehead atoms. The van der Waals surface area contributed by atoms with Gasteiger partial charge in [0.25, 0.3) is 0 Å². The highest BCUT2D eigenvalue weighted by atomic mass is 19.1. The zero-order valence-corrected chi connectivity index (χ0v) is 8.39. The van der Waals surface area contributed by atoms with Crippen LogP contribution in [0.15, 0.2) is 29.3 Å². The van der Waals surface area contributed by atoms with E-state index in [9.17, 15) is 4.39 Å². The fraction of sp³-hybridized carbons (Fsp3) is 0.500. The summed E-state index contributed by atoms with van der Waals surface area (Å²) >= 11 is 0. The van der Waals surface area contributed by atoms with Gasteiger partial charge in [0.05, 0.1) is 0 Å². The van der Waals surface area contributed by atoms with Crippen LogP contribution in [-0.2, 0) is 0 Å². The molecule has 13 heavy (non-hydrogen) atoms. The van der Waals surface area contributed by atoms with Crippen LogP contribution in [-0.4, -0.2) is 24.7 Å². The lowest BCUT2D eigenvalue weighted by Gasteiger charge is -2.22. The molecule has 3 heteroatoms. The highest BCUT2D eigenvalue weighted by molar-refractivity contribution is 5.31. The fourth-order valence-electron chi connectivity index (χ4n) is 1.10. The summed E-state index contributed by atoms with van der Waals surface area (Å²) in [5.74, 6) is -0.121. The molecule has 0 heterocycles. The predicted octanol–water partition coefficient (Wildman–Crippen LogP) is 2.74. The minimum absolute atomic E-state index is 0.291. The Kier molecular flexibility index (Phi) is 5.85. The van der Waals surface area contributed by atoms with Crippen LogP contribution in [0.25, 0.3) is 0 Å². The van der Waals surface area contributed by atoms with Crippen molar-refractivity contribution >= 4 is 6.72 Å². The third-order valence-corrected chi connectivity index (χ3v) is 1.72. The van der Waals surface area contributed by atoms with Gasteiger partial charge in [0.1, 0.15) is 0 Å². The number of halogens is 1. The van der Waals surface area contributed by atoms with E-state index in [4.69, 9.17) is 0 Å². The highest BCUT2D eigenvalue weighted by Gasteiger charge is 2.08. The van der Waals surface area contributed by atoms with E-state index in [0.717, 1.165) is 25.6 Å². The molecular weight excluding hydrogens is 167 g/mol. The number of hydrogen-bond acceptors (Lipinski definition) is 2. The fourth-order valence-corrected chi connectivity index (χ4v) is 1.10. The van der Waals surface area contributed by atoms with Crippen molar-refractivity contribution in [1.82, 2.24) is 4.90 Å². The molecule has 0 aromatic heterocycles. The maximum atomic E-state index is 13.1. The van der Waals surface area contributed by atoms with Crippen molar-refractivity contribution < 1.29 is 4.39 Å². The van der Waals surface area contributed by atoms with E-state index in [1.165, 1.54) is 0 Å². The van der Waals surface area contributed by atoms with Gasteiger partial charge in [-0.25, -0.2) is 9.38 Å². The summed E-state index contributed by atoms with van der Waals surface area (Å²) in [6.45, 7) is 12.2. The maximum Gasteiger partial charge on any atom is 0.164 e. The van der Waals surface area contributed by atoms with E-state index in [0.29, 0.717) is 5.82 Å². The average molecular weight is 184 g/mol. The Morgan fingerprint density at radius 3 is 2.46 bits per heavy atom. The second-order valence-corrected chi connectivity index (χ2v) is 2.61. The summed E-state index contributed by atoms with van der Waals surface area (Å²) < 4.78 is 13.1. The van der Waals surface area contributed by atoms with Gasteiger partial charge in [0.15, 0.2) is 11.6 Å². The Morgan fingerprint density at radius 2 is 2.15 bits per heavy atom. The summed E-state index contributed by atoms with van der Waals surface area (Å²) in [5, 5.41) is 0. The minimum Gasteiger partial charge on any atom is -0.354 e. The van der Waals surface area contributed by atoms with E-state index < -0.39 is 5.83 Å². The summed E-state index contributed by atoms with van der Waals surface area (Å²) in [6.07, 6.45) is 2.11. The first-order chi connectivity index (χ1) is 6.21. The smallest absolute Gasteiger partial charge is 0.164 e. The van der Waals surface area contributed by atoms with Crippen molar-refractivity contribution in [2.24, 2.45) is 4.99 Å². The Bertz CT molecular complexity index is 209. The second-order valence-electron chi connectivity index (χ2n) is 2.61. The van der Waals surface area contributed by atoms with E-state index in [2.05, 4.69) is 18.3 Å². The standard InChI is InChI=1S/C10H17FN2/c1-5-8-13(7-3)10(12-4)9(11)6-2/h6H,2,4-5,7-8H2,1,3H3/b10-9-. The third-order valence-electron chi connectivity index (χ3n) is 1.72. The van der Waals surface area contributed by atoms with Gasteiger partial charge < -0.3 is 4.90 Å². The van der Waals surface area contributed by atoms with E-state index in [-0.39, 0.29) is 0 Å². The quantitative estimate of drug-likeness (QED) is 0.458. The van der Waals surface area contributed by atoms with Crippen LogP contribution >= 0.6 is 0 Å². The Morgan fingerprint density at radius 1 is 1.54 bits per heavy atom. The maximum absolute atomic E-state index is 13.1. The van der Waals surface area contributed by atoms with Crippen molar-refractivity contribution in [3.05, 3.63) is 24.3 Å². The van der Waals surface area contributed by atoms with Crippen molar-refractivity contribution in [2.45, 2.75) is 20.3 Å². The van der Waals surface area contributed by atoms with E-state index in [1.807, 2.05) is 18.7 Å². The normalized spacial score (nSPS) is 11.9. The van der Waals surface area contributed by atoms with Gasteiger partial charge in [0.2, 0.25) is 0 Å². The molecule has 0 atom stereocenters. The van der Waals surface area contributed by atoms with Gasteiger partial charge in [-0.2, -0.15) is 0 Å². The van der Waals surface area contributed by atoms with Crippen molar-refractivity contribution in [2.75, 3.05) is 13.1 Å². The molecule has 0 aromatic rings. The second kappa shape index (κ2) is 6.40. The first-order valence-corrected chi connectivity index (χ1v) is 4.45. The van der Waals surface area contributed by atoms with Crippen molar-refractivity contribution in [3.8, 4) is 0 Å². The molecule has 0 rings (SSSR count). The van der Waals surface area contributed by atoms with E-state index in [1.54, 1.807) is 0 Å². The number of rotatable bonds is 6. The lowest BCUT2D eigenvalue weighted by atomic mass is 10.3. The van der Waals surface area contributed by atoms with Crippen LogP contribution in [0.4, 0.5) is 4.39 Å². The van der Waals surface area contributed by atoms with Crippen LogP contribution in [0.5, 0.6) is 0 Å². The monoisotopic (exact) mass is 184 g/mol. The molecule has 0 aromatic carbocycles. The van der Waals surface area contributed by atoms with Gasteiger partial charge in [-0.1, -0.05) is 13.5 Å².